The molecule has 0 fully saturated rings. The molecule has 0 radical (unpaired) electrons. The fraction of sp³-hybridized carbons (Fsp3) is 1.00. The van der Waals surface area contributed by atoms with Crippen molar-refractivity contribution in [1.29, 1.82) is 0 Å². The summed E-state index contributed by atoms with van der Waals surface area (Å²) in [6.07, 6.45) is 0. The molecule has 0 saturated carbocycles. The van der Waals surface area contributed by atoms with Crippen molar-refractivity contribution >= 4 is 27.1 Å². The van der Waals surface area contributed by atoms with E-state index in [4.69, 9.17) is 17.1 Å². The van der Waals surface area contributed by atoms with Crippen LogP contribution in [-0.4, -0.2) is 41.3 Å². The summed E-state index contributed by atoms with van der Waals surface area (Å²) in [6.45, 7) is 8.05. The van der Waals surface area contributed by atoms with Crippen LogP contribution in [0.3, 0.4) is 0 Å². The molecule has 0 aromatic rings. The fourth-order valence-corrected chi connectivity index (χ4v) is 8.81. The van der Waals surface area contributed by atoms with E-state index in [1.807, 2.05) is 26.2 Å². The average molecular weight is 240 g/mol. The molecule has 0 N–H and O–H groups in total. The first kappa shape index (κ1) is 13.5. The smallest absolute Gasteiger partial charge is 0.313 e. The molecular weight excluding hydrogens is 220 g/mol. The summed E-state index contributed by atoms with van der Waals surface area (Å²) in [5.41, 5.74) is 0. The van der Waals surface area contributed by atoms with E-state index in [2.05, 4.69) is 0 Å². The summed E-state index contributed by atoms with van der Waals surface area (Å²) < 4.78 is 21.8. The van der Waals surface area contributed by atoms with Crippen molar-refractivity contribution in [2.24, 2.45) is 0 Å². The molecule has 0 aromatic heterocycles. The van der Waals surface area contributed by atoms with Gasteiger partial charge in [0.15, 0.2) is 0 Å². The lowest BCUT2D eigenvalue weighted by molar-refractivity contribution is 0.275. The first-order valence-electron chi connectivity index (χ1n) is 4.32. The van der Waals surface area contributed by atoms with Crippen molar-refractivity contribution in [2.75, 3.05) is 14.2 Å². The predicted octanol–water partition coefficient (Wildman–Crippen LogP) is 0.715. The molecule has 0 spiro atoms. The molecule has 4 nitrogen and oxygen atoms in total. The Labute approximate surface area is 85.1 Å². The van der Waals surface area contributed by atoms with Gasteiger partial charge in [0.2, 0.25) is 0 Å². The Kier molecular flexibility index (Phi) is 6.29. The van der Waals surface area contributed by atoms with Crippen LogP contribution in [-0.2, 0) is 17.1 Å². The van der Waals surface area contributed by atoms with Gasteiger partial charge in [0.25, 0.3) is 0 Å². The SMILES string of the molecule is CO[SiH](C)O[Si](C)(C)O[SiH](C)OC. The van der Waals surface area contributed by atoms with Crippen molar-refractivity contribution in [3.8, 4) is 0 Å². The number of rotatable bonds is 6. The van der Waals surface area contributed by atoms with Crippen LogP contribution >= 0.6 is 0 Å². The summed E-state index contributed by atoms with van der Waals surface area (Å²) in [4.78, 5) is 0. The van der Waals surface area contributed by atoms with Gasteiger partial charge in [0, 0.05) is 14.2 Å². The zero-order chi connectivity index (χ0) is 10.5. The minimum absolute atomic E-state index is 1.47. The highest BCUT2D eigenvalue weighted by Crippen LogP contribution is 2.10. The Balaban J connectivity index is 3.92. The maximum absolute atomic E-state index is 5.75. The maximum Gasteiger partial charge on any atom is 0.313 e. The second-order valence-corrected chi connectivity index (χ2v) is 11.1. The van der Waals surface area contributed by atoms with Crippen LogP contribution in [0.4, 0.5) is 0 Å². The van der Waals surface area contributed by atoms with Gasteiger partial charge in [0.1, 0.15) is 0 Å². The highest BCUT2D eigenvalue weighted by atomic mass is 28.5. The zero-order valence-electron chi connectivity index (χ0n) is 9.29. The molecule has 0 heterocycles. The summed E-state index contributed by atoms with van der Waals surface area (Å²) >= 11 is 0. The third-order valence-corrected chi connectivity index (χ3v) is 10.1. The molecule has 0 amide bonds. The van der Waals surface area contributed by atoms with Crippen molar-refractivity contribution in [3.63, 3.8) is 0 Å². The quantitative estimate of drug-likeness (QED) is 0.641. The lowest BCUT2D eigenvalue weighted by Gasteiger charge is -2.28. The summed E-state index contributed by atoms with van der Waals surface area (Å²) in [5.74, 6) is 0. The monoisotopic (exact) mass is 240 g/mol. The molecule has 0 aliphatic carbocycles. The second kappa shape index (κ2) is 6.06. The summed E-state index contributed by atoms with van der Waals surface area (Å²) in [7, 11) is -1.59. The van der Waals surface area contributed by atoms with Crippen LogP contribution in [0.2, 0.25) is 26.2 Å². The zero-order valence-corrected chi connectivity index (χ0v) is 12.6. The Hall–Kier alpha value is 0.491. The number of hydrogen-bond acceptors (Lipinski definition) is 4. The highest BCUT2D eigenvalue weighted by molar-refractivity contribution is 6.76. The normalized spacial score (nSPS) is 17.1. The molecule has 0 aliphatic rings. The number of hydrogen-bond donors (Lipinski definition) is 0. The van der Waals surface area contributed by atoms with Crippen LogP contribution in [0, 0.1) is 0 Å². The second-order valence-electron chi connectivity index (χ2n) is 3.24. The molecule has 7 heteroatoms. The minimum Gasteiger partial charge on any atom is -0.418 e. The van der Waals surface area contributed by atoms with Gasteiger partial charge in [-0.1, -0.05) is 0 Å². The molecule has 0 saturated heterocycles. The molecule has 13 heavy (non-hydrogen) atoms. The predicted molar refractivity (Wildman–Crippen MR) is 59.7 cm³/mol. The molecule has 0 bridgehead atoms. The van der Waals surface area contributed by atoms with Gasteiger partial charge in [0.05, 0.1) is 0 Å². The van der Waals surface area contributed by atoms with Gasteiger partial charge in [-0.3, -0.25) is 0 Å². The van der Waals surface area contributed by atoms with E-state index in [0.717, 1.165) is 0 Å². The Morgan fingerprint density at radius 3 is 1.38 bits per heavy atom. The van der Waals surface area contributed by atoms with Crippen LogP contribution < -0.4 is 0 Å². The van der Waals surface area contributed by atoms with E-state index >= 15 is 0 Å². The maximum atomic E-state index is 5.75. The van der Waals surface area contributed by atoms with Gasteiger partial charge in [-0.2, -0.15) is 0 Å². The average Bonchev–Trinajstić information content (AvgIpc) is 2.02. The topological polar surface area (TPSA) is 36.9 Å². The minimum atomic E-state index is -2.00. The standard InChI is InChI=1S/C6H20O4Si3/c1-7-11(3)9-13(5,6)10-12(4)8-2/h11-12H,1-6H3. The van der Waals surface area contributed by atoms with Crippen LogP contribution in [0.1, 0.15) is 0 Å². The molecule has 80 valence electrons. The van der Waals surface area contributed by atoms with Crippen LogP contribution in [0.25, 0.3) is 0 Å². The van der Waals surface area contributed by atoms with Gasteiger partial charge >= 0.3 is 27.1 Å². The molecular formula is C6H20O4Si3. The lowest BCUT2D eigenvalue weighted by atomic mass is 11.8. The first-order chi connectivity index (χ1) is 5.91. The van der Waals surface area contributed by atoms with E-state index in [1.165, 1.54) is 0 Å². The van der Waals surface area contributed by atoms with E-state index in [0.29, 0.717) is 0 Å². The molecule has 2 unspecified atom stereocenters. The molecule has 0 aromatic carbocycles. The van der Waals surface area contributed by atoms with Crippen molar-refractivity contribution in [2.45, 2.75) is 26.2 Å². The molecule has 0 aliphatic heterocycles. The van der Waals surface area contributed by atoms with Crippen LogP contribution in [0.15, 0.2) is 0 Å². The summed E-state index contributed by atoms with van der Waals surface area (Å²) in [5, 5.41) is 0. The van der Waals surface area contributed by atoms with Gasteiger partial charge < -0.3 is 17.1 Å². The molecule has 2 atom stereocenters. The Bertz CT molecular complexity index is 130. The van der Waals surface area contributed by atoms with Gasteiger partial charge in [-0.25, -0.2) is 0 Å². The largest absolute Gasteiger partial charge is 0.418 e. The van der Waals surface area contributed by atoms with E-state index in [-0.39, 0.29) is 0 Å². The fourth-order valence-electron chi connectivity index (χ4n) is 0.923. The Morgan fingerprint density at radius 2 is 1.15 bits per heavy atom. The van der Waals surface area contributed by atoms with Gasteiger partial charge in [-0.05, 0) is 26.2 Å². The third-order valence-electron chi connectivity index (χ3n) is 1.56. The lowest BCUT2D eigenvalue weighted by Crippen LogP contribution is -2.44. The van der Waals surface area contributed by atoms with Crippen molar-refractivity contribution < 1.29 is 17.1 Å². The van der Waals surface area contributed by atoms with E-state index in [9.17, 15) is 0 Å². The first-order valence-corrected chi connectivity index (χ1v) is 11.3. The Morgan fingerprint density at radius 1 is 0.846 bits per heavy atom. The highest BCUT2D eigenvalue weighted by Gasteiger charge is 2.30. The third kappa shape index (κ3) is 6.55. The van der Waals surface area contributed by atoms with Crippen LogP contribution in [0.5, 0.6) is 0 Å². The molecule has 0 rings (SSSR count). The van der Waals surface area contributed by atoms with E-state index in [1.54, 1.807) is 14.2 Å². The van der Waals surface area contributed by atoms with Gasteiger partial charge in [-0.15, -0.1) is 0 Å². The van der Waals surface area contributed by atoms with Crippen molar-refractivity contribution in [3.05, 3.63) is 0 Å². The summed E-state index contributed by atoms with van der Waals surface area (Å²) in [6, 6.07) is 0. The van der Waals surface area contributed by atoms with E-state index < -0.39 is 27.1 Å². The van der Waals surface area contributed by atoms with Crippen molar-refractivity contribution in [1.82, 2.24) is 0 Å².